The monoisotopic (exact) mass is 548 g/mol. The van der Waals surface area contributed by atoms with E-state index in [1.807, 2.05) is 0 Å². The first kappa shape index (κ1) is 24.4. The fourth-order valence-electron chi connectivity index (χ4n) is 2.84. The Hall–Kier alpha value is -2.25. The summed E-state index contributed by atoms with van der Waals surface area (Å²) < 4.78 is 40.7. The number of rotatable bonds is 9. The fraction of sp³-hybridized carbons (Fsp3) is 0.263. The van der Waals surface area contributed by atoms with Gasteiger partial charge >= 0.3 is 0 Å². The molecule has 0 aliphatic carbocycles. The van der Waals surface area contributed by atoms with Gasteiger partial charge in [-0.1, -0.05) is 27.5 Å². The molecule has 9 nitrogen and oxygen atoms in total. The number of anilines is 2. The highest BCUT2D eigenvalue weighted by Crippen LogP contribution is 2.34. The SMILES string of the molecule is CS(=O)(=O)CCn1cnc2c(F)c(Nc3ccc(Br)cc3Cl)c(C(=O)NOCCO)cc21. The highest BCUT2D eigenvalue weighted by Gasteiger charge is 2.23. The molecule has 1 aromatic heterocycles. The van der Waals surface area contributed by atoms with Crippen molar-refractivity contribution in [3.63, 3.8) is 0 Å². The molecule has 0 spiro atoms. The molecule has 0 saturated heterocycles. The van der Waals surface area contributed by atoms with Crippen molar-refractivity contribution >= 4 is 65.7 Å². The predicted octanol–water partition coefficient (Wildman–Crippen LogP) is 3.03. The molecule has 0 aliphatic rings. The van der Waals surface area contributed by atoms with Gasteiger partial charge in [-0.15, -0.1) is 0 Å². The van der Waals surface area contributed by atoms with Crippen molar-refractivity contribution in [3.8, 4) is 0 Å². The molecule has 2 aromatic carbocycles. The summed E-state index contributed by atoms with van der Waals surface area (Å²) in [5, 5.41) is 11.9. The number of amides is 1. The quantitative estimate of drug-likeness (QED) is 0.277. The van der Waals surface area contributed by atoms with Gasteiger partial charge in [-0.3, -0.25) is 9.63 Å². The summed E-state index contributed by atoms with van der Waals surface area (Å²) in [5.74, 6) is -1.80. The Balaban J connectivity index is 2.09. The highest BCUT2D eigenvalue weighted by molar-refractivity contribution is 9.10. The number of hydrogen-bond acceptors (Lipinski definition) is 7. The third-order valence-electron chi connectivity index (χ3n) is 4.35. The lowest BCUT2D eigenvalue weighted by Crippen LogP contribution is -2.26. The summed E-state index contributed by atoms with van der Waals surface area (Å²) in [6, 6.07) is 6.27. The van der Waals surface area contributed by atoms with Crippen molar-refractivity contribution in [2.75, 3.05) is 30.5 Å². The molecule has 0 fully saturated rings. The number of imidazole rings is 1. The maximum Gasteiger partial charge on any atom is 0.277 e. The van der Waals surface area contributed by atoms with Crippen molar-refractivity contribution in [2.45, 2.75) is 6.54 Å². The Labute approximate surface area is 196 Å². The number of benzene rings is 2. The Morgan fingerprint density at radius 1 is 1.38 bits per heavy atom. The van der Waals surface area contributed by atoms with Crippen LogP contribution in [0.25, 0.3) is 11.0 Å². The summed E-state index contributed by atoms with van der Waals surface area (Å²) in [4.78, 5) is 21.6. The van der Waals surface area contributed by atoms with Gasteiger partial charge in [-0.2, -0.15) is 0 Å². The first-order chi connectivity index (χ1) is 15.1. The Morgan fingerprint density at radius 2 is 2.12 bits per heavy atom. The summed E-state index contributed by atoms with van der Waals surface area (Å²) in [6.07, 6.45) is 2.40. The second-order valence-electron chi connectivity index (χ2n) is 6.80. The molecule has 0 bridgehead atoms. The molecule has 0 radical (unpaired) electrons. The van der Waals surface area contributed by atoms with Crippen LogP contribution in [0.5, 0.6) is 0 Å². The zero-order valence-electron chi connectivity index (χ0n) is 16.7. The molecule has 32 heavy (non-hydrogen) atoms. The van der Waals surface area contributed by atoms with Gasteiger partial charge in [0.05, 0.1) is 52.8 Å². The number of fused-ring (bicyclic) bond motifs is 1. The molecule has 0 aliphatic heterocycles. The third-order valence-corrected chi connectivity index (χ3v) is 6.08. The normalized spacial score (nSPS) is 11.7. The minimum absolute atomic E-state index is 0.0299. The zero-order chi connectivity index (χ0) is 23.5. The van der Waals surface area contributed by atoms with E-state index < -0.39 is 21.6 Å². The minimum Gasteiger partial charge on any atom is -0.394 e. The number of hydrogen-bond donors (Lipinski definition) is 3. The second kappa shape index (κ2) is 10.1. The number of aryl methyl sites for hydroxylation is 1. The van der Waals surface area contributed by atoms with Crippen LogP contribution in [0, 0.1) is 5.82 Å². The number of halogens is 3. The lowest BCUT2D eigenvalue weighted by molar-refractivity contribution is 0.0169. The van der Waals surface area contributed by atoms with E-state index in [0.29, 0.717) is 10.2 Å². The lowest BCUT2D eigenvalue weighted by atomic mass is 10.1. The topological polar surface area (TPSA) is 123 Å². The van der Waals surface area contributed by atoms with Crippen LogP contribution in [-0.2, 0) is 21.2 Å². The standard InChI is InChI=1S/C19H19BrClFN4O5S/c1-32(29,30)7-4-26-10-23-18-15(26)9-12(19(28)25-31-6-5-27)17(16(18)22)24-14-3-2-11(20)8-13(14)21/h2-3,8-10,24,27H,4-7H2,1H3,(H,25,28). The molecule has 0 saturated carbocycles. The van der Waals surface area contributed by atoms with Crippen LogP contribution >= 0.6 is 27.5 Å². The molecule has 1 heterocycles. The smallest absolute Gasteiger partial charge is 0.277 e. The van der Waals surface area contributed by atoms with E-state index in [2.05, 4.69) is 31.7 Å². The Morgan fingerprint density at radius 3 is 2.78 bits per heavy atom. The van der Waals surface area contributed by atoms with Crippen molar-refractivity contribution in [2.24, 2.45) is 0 Å². The molecule has 3 N–H and O–H groups in total. The molecule has 3 rings (SSSR count). The van der Waals surface area contributed by atoms with Gasteiger partial charge in [0.25, 0.3) is 5.91 Å². The molecular weight excluding hydrogens is 531 g/mol. The van der Waals surface area contributed by atoms with Crippen molar-refractivity contribution in [3.05, 3.63) is 51.5 Å². The first-order valence-electron chi connectivity index (χ1n) is 9.21. The van der Waals surface area contributed by atoms with Crippen LogP contribution in [-0.4, -0.2) is 54.2 Å². The minimum atomic E-state index is -3.27. The molecular formula is C19H19BrClFN4O5S. The first-order valence-corrected chi connectivity index (χ1v) is 12.4. The van der Waals surface area contributed by atoms with E-state index >= 15 is 4.39 Å². The number of carbonyl (C=O) groups is 1. The number of carbonyl (C=O) groups excluding carboxylic acids is 1. The summed E-state index contributed by atoms with van der Waals surface area (Å²) >= 11 is 9.52. The van der Waals surface area contributed by atoms with Crippen molar-refractivity contribution < 1.29 is 27.5 Å². The summed E-state index contributed by atoms with van der Waals surface area (Å²) in [7, 11) is -3.27. The number of aromatic nitrogens is 2. The van der Waals surface area contributed by atoms with E-state index in [9.17, 15) is 13.2 Å². The fourth-order valence-corrected chi connectivity index (χ4v) is 4.09. The van der Waals surface area contributed by atoms with Crippen LogP contribution < -0.4 is 10.8 Å². The van der Waals surface area contributed by atoms with Crippen molar-refractivity contribution in [1.29, 1.82) is 0 Å². The Bertz CT molecular complexity index is 1270. The number of aliphatic hydroxyl groups excluding tert-OH is 1. The number of aliphatic hydroxyl groups is 1. The van der Waals surface area contributed by atoms with Crippen LogP contribution in [0.3, 0.4) is 0 Å². The molecule has 0 atom stereocenters. The summed E-state index contributed by atoms with van der Waals surface area (Å²) in [6.45, 7) is -0.461. The Kier molecular flexibility index (Phi) is 7.72. The van der Waals surface area contributed by atoms with E-state index in [1.54, 1.807) is 18.2 Å². The number of nitrogens with one attached hydrogen (secondary N) is 2. The van der Waals surface area contributed by atoms with Gasteiger partial charge < -0.3 is 15.0 Å². The molecule has 1 amide bonds. The third kappa shape index (κ3) is 5.75. The van der Waals surface area contributed by atoms with Gasteiger partial charge in [0.1, 0.15) is 15.4 Å². The lowest BCUT2D eigenvalue weighted by Gasteiger charge is -2.15. The van der Waals surface area contributed by atoms with E-state index in [0.717, 1.165) is 6.26 Å². The van der Waals surface area contributed by atoms with Crippen LogP contribution in [0.15, 0.2) is 35.1 Å². The van der Waals surface area contributed by atoms with E-state index in [4.69, 9.17) is 21.5 Å². The number of sulfone groups is 1. The predicted molar refractivity (Wildman–Crippen MR) is 122 cm³/mol. The van der Waals surface area contributed by atoms with Gasteiger partial charge in [0, 0.05) is 17.3 Å². The maximum absolute atomic E-state index is 15.5. The number of nitrogens with zero attached hydrogens (tertiary/aromatic N) is 2. The zero-order valence-corrected chi connectivity index (χ0v) is 19.9. The van der Waals surface area contributed by atoms with Crippen LogP contribution in [0.1, 0.15) is 10.4 Å². The molecule has 3 aromatic rings. The average molecular weight is 550 g/mol. The van der Waals surface area contributed by atoms with Crippen LogP contribution in [0.4, 0.5) is 15.8 Å². The summed E-state index contributed by atoms with van der Waals surface area (Å²) in [5.41, 5.74) is 2.33. The van der Waals surface area contributed by atoms with Crippen LogP contribution in [0.2, 0.25) is 5.02 Å². The maximum atomic E-state index is 15.5. The van der Waals surface area contributed by atoms with E-state index in [1.165, 1.54) is 17.0 Å². The average Bonchev–Trinajstić information content (AvgIpc) is 3.13. The van der Waals surface area contributed by atoms with Crippen molar-refractivity contribution in [1.82, 2.24) is 15.0 Å². The molecule has 172 valence electrons. The molecule has 13 heteroatoms. The van der Waals surface area contributed by atoms with Gasteiger partial charge in [-0.25, -0.2) is 23.3 Å². The van der Waals surface area contributed by atoms with Gasteiger partial charge in [0.15, 0.2) is 5.82 Å². The highest BCUT2D eigenvalue weighted by atomic mass is 79.9. The number of hydroxylamine groups is 1. The van der Waals surface area contributed by atoms with Gasteiger partial charge in [-0.05, 0) is 24.3 Å². The largest absolute Gasteiger partial charge is 0.394 e. The second-order valence-corrected chi connectivity index (χ2v) is 10.4. The van der Waals surface area contributed by atoms with E-state index in [-0.39, 0.29) is 52.8 Å². The molecule has 0 unspecified atom stereocenters. The van der Waals surface area contributed by atoms with Gasteiger partial charge in [0.2, 0.25) is 0 Å².